The number of fused-ring (bicyclic) bond motifs is 1. The SMILES string of the molecule is O=C1Cc2cc(OCc3ccc(F)cc3)ccc2C1=O. The zero-order chi connectivity index (χ0) is 14.1. The van der Waals surface area contributed by atoms with Crippen LogP contribution in [0.2, 0.25) is 0 Å². The molecule has 0 heterocycles. The molecule has 0 atom stereocenters. The predicted octanol–water partition coefficient (Wildman–Crippen LogP) is 2.71. The van der Waals surface area contributed by atoms with Crippen molar-refractivity contribution in [2.24, 2.45) is 0 Å². The molecule has 0 fully saturated rings. The normalized spacial score (nSPS) is 13.4. The molecule has 0 spiro atoms. The van der Waals surface area contributed by atoms with Gasteiger partial charge in [-0.05, 0) is 41.5 Å². The molecule has 4 heteroatoms. The number of rotatable bonds is 3. The molecule has 20 heavy (non-hydrogen) atoms. The summed E-state index contributed by atoms with van der Waals surface area (Å²) in [6.07, 6.45) is 0.141. The van der Waals surface area contributed by atoms with E-state index in [-0.39, 0.29) is 18.0 Å². The topological polar surface area (TPSA) is 43.4 Å². The summed E-state index contributed by atoms with van der Waals surface area (Å²) in [5.41, 5.74) is 2.01. The van der Waals surface area contributed by atoms with Gasteiger partial charge in [-0.25, -0.2) is 4.39 Å². The molecular weight excluding hydrogens is 259 g/mol. The van der Waals surface area contributed by atoms with Gasteiger partial charge in [-0.15, -0.1) is 0 Å². The van der Waals surface area contributed by atoms with Crippen LogP contribution in [0.4, 0.5) is 4.39 Å². The highest BCUT2D eigenvalue weighted by molar-refractivity contribution is 6.47. The van der Waals surface area contributed by atoms with Crippen LogP contribution in [0.1, 0.15) is 21.5 Å². The summed E-state index contributed by atoms with van der Waals surface area (Å²) in [6.45, 7) is 0.307. The van der Waals surface area contributed by atoms with Gasteiger partial charge in [0.25, 0.3) is 0 Å². The van der Waals surface area contributed by atoms with Crippen molar-refractivity contribution in [2.45, 2.75) is 13.0 Å². The Balaban J connectivity index is 1.73. The van der Waals surface area contributed by atoms with Gasteiger partial charge in [-0.3, -0.25) is 9.59 Å². The third-order valence-corrected chi connectivity index (χ3v) is 3.24. The number of Topliss-reactive ketones (excluding diaryl/α,β-unsaturated/α-hetero) is 2. The van der Waals surface area contributed by atoms with Gasteiger partial charge >= 0.3 is 0 Å². The van der Waals surface area contributed by atoms with E-state index in [2.05, 4.69) is 0 Å². The molecule has 0 amide bonds. The fourth-order valence-electron chi connectivity index (χ4n) is 2.18. The Morgan fingerprint density at radius 3 is 2.55 bits per heavy atom. The standard InChI is InChI=1S/C16H11FO3/c17-12-3-1-10(2-4-12)9-20-13-5-6-14-11(7-13)8-15(18)16(14)19/h1-7H,8-9H2. The first-order chi connectivity index (χ1) is 9.63. The molecule has 0 saturated carbocycles. The van der Waals surface area contributed by atoms with Crippen LogP contribution in [-0.4, -0.2) is 11.6 Å². The zero-order valence-corrected chi connectivity index (χ0v) is 10.6. The molecule has 3 nitrogen and oxygen atoms in total. The van der Waals surface area contributed by atoms with Crippen LogP contribution in [0.5, 0.6) is 5.75 Å². The maximum absolute atomic E-state index is 12.8. The van der Waals surface area contributed by atoms with E-state index >= 15 is 0 Å². The first-order valence-electron chi connectivity index (χ1n) is 6.21. The third kappa shape index (κ3) is 2.32. The van der Waals surface area contributed by atoms with Crippen molar-refractivity contribution in [3.63, 3.8) is 0 Å². The second-order valence-electron chi connectivity index (χ2n) is 4.66. The highest BCUT2D eigenvalue weighted by Crippen LogP contribution is 2.25. The number of carbonyl (C=O) groups is 2. The lowest BCUT2D eigenvalue weighted by Crippen LogP contribution is -2.05. The predicted molar refractivity (Wildman–Crippen MR) is 70.2 cm³/mol. The van der Waals surface area contributed by atoms with E-state index in [1.54, 1.807) is 30.3 Å². The minimum Gasteiger partial charge on any atom is -0.489 e. The van der Waals surface area contributed by atoms with E-state index in [4.69, 9.17) is 4.74 Å². The number of benzene rings is 2. The lowest BCUT2D eigenvalue weighted by Gasteiger charge is -2.07. The van der Waals surface area contributed by atoms with Crippen molar-refractivity contribution in [1.82, 2.24) is 0 Å². The summed E-state index contributed by atoms with van der Waals surface area (Å²) < 4.78 is 18.4. The van der Waals surface area contributed by atoms with Crippen LogP contribution in [0.25, 0.3) is 0 Å². The molecular formula is C16H11FO3. The van der Waals surface area contributed by atoms with Gasteiger partial charge < -0.3 is 4.74 Å². The van der Waals surface area contributed by atoms with E-state index in [0.29, 0.717) is 23.5 Å². The Kier molecular flexibility index (Phi) is 3.06. The van der Waals surface area contributed by atoms with Crippen LogP contribution >= 0.6 is 0 Å². The Morgan fingerprint density at radius 1 is 1.05 bits per heavy atom. The van der Waals surface area contributed by atoms with Crippen LogP contribution < -0.4 is 4.74 Å². The fraction of sp³-hybridized carbons (Fsp3) is 0.125. The molecule has 0 aliphatic heterocycles. The number of hydrogen-bond donors (Lipinski definition) is 0. The summed E-state index contributed by atoms with van der Waals surface area (Å²) in [5, 5.41) is 0. The molecule has 0 saturated heterocycles. The molecule has 0 aromatic heterocycles. The molecule has 0 unspecified atom stereocenters. The van der Waals surface area contributed by atoms with Crippen molar-refractivity contribution in [3.8, 4) is 5.75 Å². The third-order valence-electron chi connectivity index (χ3n) is 3.24. The van der Waals surface area contributed by atoms with Crippen molar-refractivity contribution >= 4 is 11.6 Å². The van der Waals surface area contributed by atoms with Crippen molar-refractivity contribution in [3.05, 3.63) is 65.0 Å². The average molecular weight is 270 g/mol. The van der Waals surface area contributed by atoms with Crippen LogP contribution in [0.3, 0.4) is 0 Å². The highest BCUT2D eigenvalue weighted by atomic mass is 19.1. The number of carbonyl (C=O) groups excluding carboxylic acids is 2. The minimum absolute atomic E-state index is 0.141. The first-order valence-corrected chi connectivity index (χ1v) is 6.21. The smallest absolute Gasteiger partial charge is 0.229 e. The van der Waals surface area contributed by atoms with Gasteiger partial charge in [0.05, 0.1) is 0 Å². The van der Waals surface area contributed by atoms with Gasteiger partial charge in [0.2, 0.25) is 11.6 Å². The highest BCUT2D eigenvalue weighted by Gasteiger charge is 2.28. The molecule has 1 aliphatic carbocycles. The number of halogens is 1. The Morgan fingerprint density at radius 2 is 1.80 bits per heavy atom. The second kappa shape index (κ2) is 4.89. The van der Waals surface area contributed by atoms with Gasteiger partial charge in [-0.2, -0.15) is 0 Å². The maximum Gasteiger partial charge on any atom is 0.229 e. The largest absolute Gasteiger partial charge is 0.489 e. The van der Waals surface area contributed by atoms with E-state index in [9.17, 15) is 14.0 Å². The number of ketones is 2. The first kappa shape index (κ1) is 12.5. The second-order valence-corrected chi connectivity index (χ2v) is 4.66. The Labute approximate surface area is 115 Å². The minimum atomic E-state index is -0.426. The molecule has 3 rings (SSSR count). The molecule has 0 radical (unpaired) electrons. The summed E-state index contributed by atoms with van der Waals surface area (Å²) in [5.74, 6) is -0.500. The summed E-state index contributed by atoms with van der Waals surface area (Å²) in [7, 11) is 0. The lowest BCUT2D eigenvalue weighted by molar-refractivity contribution is -0.114. The van der Waals surface area contributed by atoms with Crippen molar-refractivity contribution in [1.29, 1.82) is 0 Å². The van der Waals surface area contributed by atoms with Gasteiger partial charge in [-0.1, -0.05) is 12.1 Å². The average Bonchev–Trinajstić information content (AvgIpc) is 2.73. The zero-order valence-electron chi connectivity index (χ0n) is 10.6. The van der Waals surface area contributed by atoms with Gasteiger partial charge in [0, 0.05) is 12.0 Å². The Bertz CT molecular complexity index is 689. The lowest BCUT2D eigenvalue weighted by atomic mass is 10.1. The molecule has 0 bridgehead atoms. The quantitative estimate of drug-likeness (QED) is 0.805. The summed E-state index contributed by atoms with van der Waals surface area (Å²) in [4.78, 5) is 22.8. The maximum atomic E-state index is 12.8. The van der Waals surface area contributed by atoms with E-state index in [1.165, 1.54) is 12.1 Å². The van der Waals surface area contributed by atoms with Crippen LogP contribution in [-0.2, 0) is 17.8 Å². The van der Waals surface area contributed by atoms with E-state index in [0.717, 1.165) is 5.56 Å². The van der Waals surface area contributed by atoms with Crippen LogP contribution in [0, 0.1) is 5.82 Å². The van der Waals surface area contributed by atoms with E-state index in [1.807, 2.05) is 0 Å². The summed E-state index contributed by atoms with van der Waals surface area (Å²) in [6, 6.07) is 11.0. The molecule has 2 aromatic carbocycles. The van der Waals surface area contributed by atoms with Crippen molar-refractivity contribution in [2.75, 3.05) is 0 Å². The molecule has 0 N–H and O–H groups in total. The van der Waals surface area contributed by atoms with Gasteiger partial charge in [0.15, 0.2) is 0 Å². The monoisotopic (exact) mass is 270 g/mol. The Hall–Kier alpha value is -2.49. The van der Waals surface area contributed by atoms with Gasteiger partial charge in [0.1, 0.15) is 18.2 Å². The number of ether oxygens (including phenoxy) is 1. The van der Waals surface area contributed by atoms with E-state index < -0.39 is 5.78 Å². The van der Waals surface area contributed by atoms with Crippen molar-refractivity contribution < 1.29 is 18.7 Å². The molecule has 2 aromatic rings. The van der Waals surface area contributed by atoms with Crippen LogP contribution in [0.15, 0.2) is 42.5 Å². The number of hydrogen-bond acceptors (Lipinski definition) is 3. The molecule has 1 aliphatic rings. The molecule has 100 valence electrons. The fourth-order valence-corrected chi connectivity index (χ4v) is 2.18. The summed E-state index contributed by atoms with van der Waals surface area (Å²) >= 11 is 0.